The Morgan fingerprint density at radius 1 is 1.21 bits per heavy atom. The second kappa shape index (κ2) is 5.16. The van der Waals surface area contributed by atoms with Crippen LogP contribution in [0.1, 0.15) is 59.8 Å². The summed E-state index contributed by atoms with van der Waals surface area (Å²) < 4.78 is 0. The fourth-order valence-corrected chi connectivity index (χ4v) is 2.62. The van der Waals surface area contributed by atoms with E-state index in [2.05, 4.69) is 33.0 Å². The molecule has 1 fully saturated rings. The van der Waals surface area contributed by atoms with E-state index in [1.54, 1.807) is 0 Å². The van der Waals surface area contributed by atoms with Crippen LogP contribution in [0.2, 0.25) is 0 Å². The van der Waals surface area contributed by atoms with Gasteiger partial charge in [-0.15, -0.1) is 0 Å². The fourth-order valence-electron chi connectivity index (χ4n) is 2.62. The van der Waals surface area contributed by atoms with Crippen molar-refractivity contribution in [2.24, 2.45) is 11.3 Å². The molecule has 0 radical (unpaired) electrons. The molecule has 1 N–H and O–H groups in total. The third-order valence-corrected chi connectivity index (χ3v) is 3.98. The highest BCUT2D eigenvalue weighted by atomic mass is 14.9. The van der Waals surface area contributed by atoms with Gasteiger partial charge >= 0.3 is 0 Å². The van der Waals surface area contributed by atoms with Gasteiger partial charge < -0.3 is 5.32 Å². The molecule has 84 valence electrons. The van der Waals surface area contributed by atoms with Gasteiger partial charge in [0, 0.05) is 12.6 Å². The summed E-state index contributed by atoms with van der Waals surface area (Å²) in [6.07, 6.45) is 7.10. The molecule has 0 aromatic rings. The van der Waals surface area contributed by atoms with E-state index in [-0.39, 0.29) is 0 Å². The Kier molecular flexibility index (Phi) is 4.43. The highest BCUT2D eigenvalue weighted by molar-refractivity contribution is 4.93. The first kappa shape index (κ1) is 12.0. The van der Waals surface area contributed by atoms with Crippen LogP contribution in [0.4, 0.5) is 0 Å². The lowest BCUT2D eigenvalue weighted by molar-refractivity contribution is 0.0505. The van der Waals surface area contributed by atoms with Gasteiger partial charge in [-0.25, -0.2) is 0 Å². The fraction of sp³-hybridized carbons (Fsp3) is 1.00. The maximum Gasteiger partial charge on any atom is 0.00127 e. The van der Waals surface area contributed by atoms with Crippen molar-refractivity contribution in [1.82, 2.24) is 5.32 Å². The first-order valence-corrected chi connectivity index (χ1v) is 6.34. The number of hydrogen-bond acceptors (Lipinski definition) is 1. The van der Waals surface area contributed by atoms with Gasteiger partial charge in [0.05, 0.1) is 0 Å². The molecule has 1 aliphatic carbocycles. The largest absolute Gasteiger partial charge is 0.314 e. The van der Waals surface area contributed by atoms with Crippen LogP contribution in [0.25, 0.3) is 0 Å². The second-order valence-electron chi connectivity index (χ2n) is 5.44. The molecule has 0 heterocycles. The third kappa shape index (κ3) is 2.73. The average molecular weight is 197 g/mol. The normalized spacial score (nSPS) is 22.1. The SMILES string of the molecule is CCCC(C)C1(CNC(C)C)CCC1. The minimum atomic E-state index is 0.640. The maximum absolute atomic E-state index is 3.63. The predicted octanol–water partition coefficient (Wildman–Crippen LogP) is 3.59. The molecule has 1 rings (SSSR count). The van der Waals surface area contributed by atoms with Gasteiger partial charge in [0.25, 0.3) is 0 Å². The van der Waals surface area contributed by atoms with Crippen LogP contribution in [-0.4, -0.2) is 12.6 Å². The summed E-state index contributed by atoms with van der Waals surface area (Å²) in [5.74, 6) is 0.910. The molecule has 14 heavy (non-hydrogen) atoms. The standard InChI is InChI=1S/C13H27N/c1-5-7-12(4)13(8-6-9-13)10-14-11(2)3/h11-12,14H,5-10H2,1-4H3. The topological polar surface area (TPSA) is 12.0 Å². The summed E-state index contributed by atoms with van der Waals surface area (Å²) in [7, 11) is 0. The van der Waals surface area contributed by atoms with E-state index in [1.165, 1.54) is 38.6 Å². The van der Waals surface area contributed by atoms with Gasteiger partial charge in [0.2, 0.25) is 0 Å². The van der Waals surface area contributed by atoms with Crippen LogP contribution in [0.3, 0.4) is 0 Å². The Labute approximate surface area is 89.7 Å². The van der Waals surface area contributed by atoms with Gasteiger partial charge in [0.1, 0.15) is 0 Å². The average Bonchev–Trinajstić information content (AvgIpc) is 2.02. The van der Waals surface area contributed by atoms with Gasteiger partial charge in [-0.05, 0) is 24.2 Å². The summed E-state index contributed by atoms with van der Waals surface area (Å²) in [6, 6.07) is 0.640. The zero-order chi connectivity index (χ0) is 10.6. The van der Waals surface area contributed by atoms with E-state index >= 15 is 0 Å². The molecular weight excluding hydrogens is 170 g/mol. The molecule has 1 heteroatoms. The summed E-state index contributed by atoms with van der Waals surface area (Å²) in [5.41, 5.74) is 0.653. The van der Waals surface area contributed by atoms with Crippen molar-refractivity contribution in [3.8, 4) is 0 Å². The van der Waals surface area contributed by atoms with Crippen molar-refractivity contribution in [3.05, 3.63) is 0 Å². The highest BCUT2D eigenvalue weighted by Gasteiger charge is 2.40. The molecular formula is C13H27N. The molecule has 1 saturated carbocycles. The Morgan fingerprint density at radius 3 is 2.21 bits per heavy atom. The molecule has 0 aromatic heterocycles. The van der Waals surface area contributed by atoms with Crippen LogP contribution < -0.4 is 5.32 Å². The lowest BCUT2D eigenvalue weighted by Gasteiger charge is -2.47. The van der Waals surface area contributed by atoms with Crippen molar-refractivity contribution >= 4 is 0 Å². The third-order valence-electron chi connectivity index (χ3n) is 3.98. The van der Waals surface area contributed by atoms with E-state index in [0.29, 0.717) is 11.5 Å². The summed E-state index contributed by atoms with van der Waals surface area (Å²) in [4.78, 5) is 0. The molecule has 0 aromatic carbocycles. The molecule has 0 aliphatic heterocycles. The van der Waals surface area contributed by atoms with E-state index in [9.17, 15) is 0 Å². The van der Waals surface area contributed by atoms with Crippen LogP contribution >= 0.6 is 0 Å². The van der Waals surface area contributed by atoms with Crippen molar-refractivity contribution in [1.29, 1.82) is 0 Å². The molecule has 1 nitrogen and oxygen atoms in total. The van der Waals surface area contributed by atoms with Gasteiger partial charge in [-0.3, -0.25) is 0 Å². The molecule has 0 amide bonds. The summed E-state index contributed by atoms with van der Waals surface area (Å²) in [6.45, 7) is 10.5. The predicted molar refractivity (Wildman–Crippen MR) is 63.5 cm³/mol. The van der Waals surface area contributed by atoms with Crippen LogP contribution in [0.15, 0.2) is 0 Å². The lowest BCUT2D eigenvalue weighted by atomic mass is 9.60. The van der Waals surface area contributed by atoms with E-state index in [1.807, 2.05) is 0 Å². The first-order valence-electron chi connectivity index (χ1n) is 6.34. The zero-order valence-electron chi connectivity index (χ0n) is 10.4. The second-order valence-corrected chi connectivity index (χ2v) is 5.44. The molecule has 1 aliphatic rings. The van der Waals surface area contributed by atoms with Crippen molar-refractivity contribution in [2.45, 2.75) is 65.8 Å². The minimum absolute atomic E-state index is 0.640. The molecule has 0 spiro atoms. The Morgan fingerprint density at radius 2 is 1.86 bits per heavy atom. The highest BCUT2D eigenvalue weighted by Crippen LogP contribution is 2.48. The van der Waals surface area contributed by atoms with E-state index in [4.69, 9.17) is 0 Å². The quantitative estimate of drug-likeness (QED) is 0.686. The number of hydrogen-bond donors (Lipinski definition) is 1. The van der Waals surface area contributed by atoms with Crippen LogP contribution in [-0.2, 0) is 0 Å². The van der Waals surface area contributed by atoms with Gasteiger partial charge in [0.15, 0.2) is 0 Å². The Bertz CT molecular complexity index is 159. The van der Waals surface area contributed by atoms with E-state index < -0.39 is 0 Å². The molecule has 1 unspecified atom stereocenters. The number of rotatable bonds is 6. The van der Waals surface area contributed by atoms with Gasteiger partial charge in [-0.2, -0.15) is 0 Å². The minimum Gasteiger partial charge on any atom is -0.314 e. The van der Waals surface area contributed by atoms with Crippen LogP contribution in [0.5, 0.6) is 0 Å². The molecule has 0 bridgehead atoms. The lowest BCUT2D eigenvalue weighted by Crippen LogP contribution is -2.46. The van der Waals surface area contributed by atoms with Crippen molar-refractivity contribution in [2.75, 3.05) is 6.54 Å². The van der Waals surface area contributed by atoms with Crippen molar-refractivity contribution < 1.29 is 0 Å². The molecule has 1 atom stereocenters. The molecule has 0 saturated heterocycles. The van der Waals surface area contributed by atoms with Crippen LogP contribution in [0, 0.1) is 11.3 Å². The summed E-state index contributed by atoms with van der Waals surface area (Å²) >= 11 is 0. The maximum atomic E-state index is 3.63. The number of nitrogens with one attached hydrogen (secondary N) is 1. The Hall–Kier alpha value is -0.0400. The first-order chi connectivity index (χ1) is 6.60. The van der Waals surface area contributed by atoms with Crippen molar-refractivity contribution in [3.63, 3.8) is 0 Å². The van der Waals surface area contributed by atoms with Gasteiger partial charge in [-0.1, -0.05) is 47.0 Å². The summed E-state index contributed by atoms with van der Waals surface area (Å²) in [5, 5.41) is 3.63. The smallest absolute Gasteiger partial charge is 0.00127 e. The zero-order valence-corrected chi connectivity index (χ0v) is 10.4. The van der Waals surface area contributed by atoms with E-state index in [0.717, 1.165) is 5.92 Å². The monoisotopic (exact) mass is 197 g/mol. The Balaban J connectivity index is 2.40.